The van der Waals surface area contributed by atoms with Crippen molar-refractivity contribution in [1.82, 2.24) is 20.2 Å². The van der Waals surface area contributed by atoms with Crippen molar-refractivity contribution in [2.45, 2.75) is 19.4 Å². The zero-order chi connectivity index (χ0) is 15.9. The first-order valence-electron chi connectivity index (χ1n) is 6.68. The molecule has 0 fully saturated rings. The molecule has 0 saturated carbocycles. The number of benzene rings is 1. The van der Waals surface area contributed by atoms with Gasteiger partial charge >= 0.3 is 0 Å². The molecule has 2 aromatic rings. The van der Waals surface area contributed by atoms with Crippen molar-refractivity contribution >= 4 is 23.2 Å². The highest BCUT2D eigenvalue weighted by molar-refractivity contribution is 6.33. The lowest BCUT2D eigenvalue weighted by Gasteiger charge is -2.14. The van der Waals surface area contributed by atoms with E-state index in [9.17, 15) is 4.79 Å². The zero-order valence-electron chi connectivity index (χ0n) is 12.1. The van der Waals surface area contributed by atoms with Crippen molar-refractivity contribution in [2.24, 2.45) is 0 Å². The summed E-state index contributed by atoms with van der Waals surface area (Å²) < 4.78 is 6.86. The van der Waals surface area contributed by atoms with Gasteiger partial charge in [-0.3, -0.25) is 4.79 Å². The molecule has 116 valence electrons. The number of rotatable bonds is 7. The molecule has 0 radical (unpaired) electrons. The van der Waals surface area contributed by atoms with Crippen LogP contribution in [0.25, 0.3) is 5.69 Å². The second-order valence-corrected chi connectivity index (χ2v) is 4.91. The largest absolute Gasteiger partial charge is 0.368 e. The summed E-state index contributed by atoms with van der Waals surface area (Å²) in [4.78, 5) is 12.1. The summed E-state index contributed by atoms with van der Waals surface area (Å²) in [5, 5.41) is 14.1. The summed E-state index contributed by atoms with van der Waals surface area (Å²) in [5.74, 6) is -0.278. The van der Waals surface area contributed by atoms with E-state index >= 15 is 0 Å². The highest BCUT2D eigenvalue weighted by Crippen LogP contribution is 2.24. The van der Waals surface area contributed by atoms with Gasteiger partial charge in [-0.2, -0.15) is 0 Å². The fourth-order valence-electron chi connectivity index (χ4n) is 1.67. The first-order chi connectivity index (χ1) is 10.6. The van der Waals surface area contributed by atoms with E-state index in [0.29, 0.717) is 29.4 Å². The summed E-state index contributed by atoms with van der Waals surface area (Å²) in [6.45, 7) is 5.72. The number of hydrogen-bond acceptors (Lipinski definition) is 5. The van der Waals surface area contributed by atoms with Crippen molar-refractivity contribution in [3.8, 4) is 5.69 Å². The third kappa shape index (κ3) is 4.12. The topological polar surface area (TPSA) is 81.9 Å². The van der Waals surface area contributed by atoms with Gasteiger partial charge in [-0.1, -0.05) is 17.7 Å². The zero-order valence-corrected chi connectivity index (χ0v) is 12.8. The van der Waals surface area contributed by atoms with E-state index in [2.05, 4.69) is 27.4 Å². The number of ether oxygens (including phenoxy) is 1. The standard InChI is InChI=1S/C14H16ClN5O2/c1-3-4-7-22-10(2)14(21)17-13-8-11(5-6-12(13)15)20-9-16-18-19-20/h3,5-6,8-10H,1,4,7H2,2H3,(H,17,21). The summed E-state index contributed by atoms with van der Waals surface area (Å²) in [6, 6.07) is 5.10. The summed E-state index contributed by atoms with van der Waals surface area (Å²) in [7, 11) is 0. The molecule has 0 spiro atoms. The molecule has 0 bridgehead atoms. The third-order valence-corrected chi connectivity index (χ3v) is 3.21. The number of nitrogens with one attached hydrogen (secondary N) is 1. The lowest BCUT2D eigenvalue weighted by molar-refractivity contribution is -0.126. The number of carbonyl (C=O) groups excluding carboxylic acids is 1. The van der Waals surface area contributed by atoms with E-state index in [1.54, 1.807) is 31.2 Å². The Balaban J connectivity index is 2.07. The number of carbonyl (C=O) groups is 1. The molecule has 0 aliphatic rings. The van der Waals surface area contributed by atoms with E-state index in [0.717, 1.165) is 0 Å². The average molecular weight is 322 g/mol. The van der Waals surface area contributed by atoms with Crippen molar-refractivity contribution in [3.63, 3.8) is 0 Å². The molecular formula is C14H16ClN5O2. The molecule has 0 saturated heterocycles. The van der Waals surface area contributed by atoms with Gasteiger partial charge in [0, 0.05) is 0 Å². The van der Waals surface area contributed by atoms with Crippen molar-refractivity contribution in [2.75, 3.05) is 11.9 Å². The second-order valence-electron chi connectivity index (χ2n) is 4.50. The summed E-state index contributed by atoms with van der Waals surface area (Å²) >= 11 is 6.10. The Bertz CT molecular complexity index is 645. The molecule has 1 aromatic carbocycles. The number of hydrogen-bond donors (Lipinski definition) is 1. The minimum Gasteiger partial charge on any atom is -0.368 e. The molecule has 1 aromatic heterocycles. The molecule has 0 aliphatic carbocycles. The lowest BCUT2D eigenvalue weighted by atomic mass is 10.2. The van der Waals surface area contributed by atoms with E-state index < -0.39 is 6.10 Å². The maximum atomic E-state index is 12.1. The predicted molar refractivity (Wildman–Crippen MR) is 83.0 cm³/mol. The van der Waals surface area contributed by atoms with Crippen LogP contribution in [-0.4, -0.2) is 38.8 Å². The second kappa shape index (κ2) is 7.67. The van der Waals surface area contributed by atoms with E-state index in [1.807, 2.05) is 0 Å². The monoisotopic (exact) mass is 321 g/mol. The average Bonchev–Trinajstić information content (AvgIpc) is 3.04. The number of tetrazole rings is 1. The molecular weight excluding hydrogens is 306 g/mol. The Labute approximate surface area is 132 Å². The molecule has 1 unspecified atom stereocenters. The van der Waals surface area contributed by atoms with Crippen LogP contribution in [-0.2, 0) is 9.53 Å². The van der Waals surface area contributed by atoms with Gasteiger partial charge in [-0.05, 0) is 42.0 Å². The molecule has 1 N–H and O–H groups in total. The van der Waals surface area contributed by atoms with Crippen LogP contribution >= 0.6 is 11.6 Å². The molecule has 1 heterocycles. The smallest absolute Gasteiger partial charge is 0.253 e. The molecule has 1 atom stereocenters. The Morgan fingerprint density at radius 3 is 3.09 bits per heavy atom. The van der Waals surface area contributed by atoms with Crippen LogP contribution in [0.5, 0.6) is 0 Å². The number of anilines is 1. The lowest BCUT2D eigenvalue weighted by Crippen LogP contribution is -2.28. The van der Waals surface area contributed by atoms with E-state index in [-0.39, 0.29) is 5.91 Å². The number of amides is 1. The third-order valence-electron chi connectivity index (χ3n) is 2.88. The fourth-order valence-corrected chi connectivity index (χ4v) is 1.83. The van der Waals surface area contributed by atoms with Gasteiger partial charge < -0.3 is 10.1 Å². The molecule has 2 rings (SSSR count). The van der Waals surface area contributed by atoms with Gasteiger partial charge in [0.15, 0.2) is 0 Å². The molecule has 1 amide bonds. The van der Waals surface area contributed by atoms with Gasteiger partial charge in [0.2, 0.25) is 0 Å². The van der Waals surface area contributed by atoms with Crippen molar-refractivity contribution < 1.29 is 9.53 Å². The highest BCUT2D eigenvalue weighted by atomic mass is 35.5. The number of aromatic nitrogens is 4. The Hall–Kier alpha value is -2.25. The Morgan fingerprint density at radius 1 is 1.59 bits per heavy atom. The van der Waals surface area contributed by atoms with Crippen molar-refractivity contribution in [3.05, 3.63) is 42.2 Å². The first kappa shape index (κ1) is 16.1. The molecule has 7 nitrogen and oxygen atoms in total. The summed E-state index contributed by atoms with van der Waals surface area (Å²) in [6.07, 6.45) is 3.29. The quantitative estimate of drug-likeness (QED) is 0.624. The predicted octanol–water partition coefficient (Wildman–Crippen LogP) is 2.24. The maximum absolute atomic E-state index is 12.1. The van der Waals surface area contributed by atoms with E-state index in [1.165, 1.54) is 11.0 Å². The molecule has 8 heteroatoms. The van der Waals surface area contributed by atoms with Gasteiger partial charge in [-0.15, -0.1) is 11.7 Å². The van der Waals surface area contributed by atoms with E-state index in [4.69, 9.17) is 16.3 Å². The number of halogens is 1. The minimum absolute atomic E-state index is 0.278. The van der Waals surface area contributed by atoms with Gasteiger partial charge in [-0.25, -0.2) is 4.68 Å². The van der Waals surface area contributed by atoms with Crippen LogP contribution in [0.15, 0.2) is 37.2 Å². The van der Waals surface area contributed by atoms with Crippen molar-refractivity contribution in [1.29, 1.82) is 0 Å². The SMILES string of the molecule is C=CCCOC(C)C(=O)Nc1cc(-n2cnnn2)ccc1Cl. The minimum atomic E-state index is -0.590. The van der Waals surface area contributed by atoms with Crippen LogP contribution in [0.3, 0.4) is 0 Å². The first-order valence-corrected chi connectivity index (χ1v) is 7.06. The molecule has 0 aliphatic heterocycles. The molecule has 22 heavy (non-hydrogen) atoms. The Kier molecular flexibility index (Phi) is 5.62. The highest BCUT2D eigenvalue weighted by Gasteiger charge is 2.15. The van der Waals surface area contributed by atoms with Crippen LogP contribution in [0.1, 0.15) is 13.3 Å². The fraction of sp³-hybridized carbons (Fsp3) is 0.286. The van der Waals surface area contributed by atoms with Crippen LogP contribution < -0.4 is 5.32 Å². The van der Waals surface area contributed by atoms with Crippen LogP contribution in [0, 0.1) is 0 Å². The maximum Gasteiger partial charge on any atom is 0.253 e. The normalized spacial score (nSPS) is 11.9. The summed E-state index contributed by atoms with van der Waals surface area (Å²) in [5.41, 5.74) is 1.16. The Morgan fingerprint density at radius 2 is 2.41 bits per heavy atom. The van der Waals surface area contributed by atoms with Gasteiger partial charge in [0.05, 0.1) is 23.0 Å². The van der Waals surface area contributed by atoms with Gasteiger partial charge in [0.25, 0.3) is 5.91 Å². The van der Waals surface area contributed by atoms with Crippen LogP contribution in [0.2, 0.25) is 5.02 Å². The van der Waals surface area contributed by atoms with Crippen LogP contribution in [0.4, 0.5) is 5.69 Å². The van der Waals surface area contributed by atoms with Gasteiger partial charge in [0.1, 0.15) is 12.4 Å². The number of nitrogens with zero attached hydrogens (tertiary/aromatic N) is 4.